The Kier molecular flexibility index (Phi) is 8.18. The van der Waals surface area contributed by atoms with E-state index in [9.17, 15) is 28.5 Å². The molecule has 1 fully saturated rings. The van der Waals surface area contributed by atoms with Gasteiger partial charge < -0.3 is 35.2 Å². The predicted octanol–water partition coefficient (Wildman–Crippen LogP) is -0.357. The van der Waals surface area contributed by atoms with Crippen LogP contribution in [0.4, 0.5) is 5.82 Å². The molecule has 1 aromatic heterocycles. The molecule has 0 amide bonds. The summed E-state index contributed by atoms with van der Waals surface area (Å²) >= 11 is 11.9. The van der Waals surface area contributed by atoms with Crippen LogP contribution in [0.25, 0.3) is 0 Å². The number of rotatable bonds is 9. The van der Waals surface area contributed by atoms with Crippen LogP contribution in [0.3, 0.4) is 0 Å². The van der Waals surface area contributed by atoms with Crippen molar-refractivity contribution in [3.63, 3.8) is 0 Å². The summed E-state index contributed by atoms with van der Waals surface area (Å²) in [4.78, 5) is 51.2. The number of nitrogens with zero attached hydrogens (tertiary/aromatic N) is 2. The number of phosphoric ester groups is 1. The number of phosphoric acid groups is 3. The molecule has 7 N–H and O–H groups in total. The summed E-state index contributed by atoms with van der Waals surface area (Å²) in [7, 11) is -16.9. The molecule has 1 aliphatic rings. The summed E-state index contributed by atoms with van der Waals surface area (Å²) in [5, 5.41) is 9.09. The number of aliphatic hydroxyl groups is 1. The van der Waals surface area contributed by atoms with Gasteiger partial charge in [-0.25, -0.2) is 18.5 Å². The van der Waals surface area contributed by atoms with E-state index in [0.29, 0.717) is 0 Å². The van der Waals surface area contributed by atoms with Gasteiger partial charge in [-0.15, -0.1) is 23.2 Å². The highest BCUT2D eigenvalue weighted by molar-refractivity contribution is 7.66. The molecule has 16 nitrogen and oxygen atoms in total. The second kappa shape index (κ2) is 9.45. The maximum atomic E-state index is 12.0. The molecule has 2 heterocycles. The molecule has 2 rings (SSSR count). The Labute approximate surface area is 182 Å². The van der Waals surface area contributed by atoms with Gasteiger partial charge in [-0.05, 0) is 6.07 Å². The van der Waals surface area contributed by atoms with E-state index in [-0.39, 0.29) is 5.82 Å². The van der Waals surface area contributed by atoms with Crippen molar-refractivity contribution in [1.82, 2.24) is 9.55 Å². The van der Waals surface area contributed by atoms with Crippen LogP contribution < -0.4 is 11.4 Å². The maximum absolute atomic E-state index is 12.0. The van der Waals surface area contributed by atoms with Gasteiger partial charge in [0.15, 0.2) is 6.23 Å². The lowest BCUT2D eigenvalue weighted by atomic mass is 10.00. The van der Waals surface area contributed by atoms with E-state index in [2.05, 4.69) is 18.1 Å². The van der Waals surface area contributed by atoms with Gasteiger partial charge in [-0.3, -0.25) is 9.09 Å². The number of aromatic nitrogens is 2. The Balaban J connectivity index is 2.20. The number of halogens is 2. The van der Waals surface area contributed by atoms with Gasteiger partial charge in [-0.2, -0.15) is 13.6 Å². The first-order valence-corrected chi connectivity index (χ1v) is 13.2. The lowest BCUT2D eigenvalue weighted by Crippen LogP contribution is -2.47. The van der Waals surface area contributed by atoms with E-state index in [1.807, 2.05) is 0 Å². The number of ether oxygens (including phenoxy) is 1. The predicted molar refractivity (Wildman–Crippen MR) is 102 cm³/mol. The van der Waals surface area contributed by atoms with Crippen LogP contribution >= 0.6 is 46.7 Å². The summed E-state index contributed by atoms with van der Waals surface area (Å²) in [5.74, 6) is -0.733. The van der Waals surface area contributed by atoms with Gasteiger partial charge in [0, 0.05) is 6.20 Å². The van der Waals surface area contributed by atoms with Gasteiger partial charge in [-0.1, -0.05) is 0 Å². The Morgan fingerprint density at radius 3 is 2.35 bits per heavy atom. The lowest BCUT2D eigenvalue weighted by molar-refractivity contribution is -0.112. The van der Waals surface area contributed by atoms with Crippen molar-refractivity contribution < 1.29 is 56.3 Å². The maximum Gasteiger partial charge on any atom is 0.490 e. The molecule has 1 saturated heterocycles. The largest absolute Gasteiger partial charge is 0.490 e. The van der Waals surface area contributed by atoms with Crippen LogP contribution in [-0.2, 0) is 31.6 Å². The van der Waals surface area contributed by atoms with Crippen LogP contribution in [-0.4, -0.2) is 63.8 Å². The molecule has 0 radical (unpaired) electrons. The van der Waals surface area contributed by atoms with E-state index >= 15 is 0 Å². The van der Waals surface area contributed by atoms with Crippen LogP contribution in [0.15, 0.2) is 17.1 Å². The molecule has 3 unspecified atom stereocenters. The standard InChI is InChI=1S/C10H16Cl2N3O13P3/c11-3-10(4-25-30(21,22)28-31(23,24)27-29(18,19)20)7(16)6(12)8(26-10)15-2-1-5(13)14-9(15)17/h1-2,6-8,16H,3-4H2,(H,21,22)(H,23,24)(H2,13,14,17)(H2,18,19,20)/t6-,7+,8?,10-/m1/s1. The molecule has 1 aromatic rings. The fourth-order valence-corrected chi connectivity index (χ4v) is 6.19. The number of hydrogen-bond donors (Lipinski definition) is 6. The van der Waals surface area contributed by atoms with Gasteiger partial charge in [0.2, 0.25) is 0 Å². The summed E-state index contributed by atoms with van der Waals surface area (Å²) in [6.07, 6.45) is -1.95. The lowest BCUT2D eigenvalue weighted by Gasteiger charge is -2.30. The van der Waals surface area contributed by atoms with E-state index in [1.54, 1.807) is 0 Å². The normalized spacial score (nSPS) is 30.6. The first-order valence-electron chi connectivity index (χ1n) is 7.70. The molecule has 21 heteroatoms. The minimum Gasteiger partial charge on any atom is -0.388 e. The van der Waals surface area contributed by atoms with Crippen molar-refractivity contribution in [2.45, 2.75) is 23.3 Å². The molecule has 0 bridgehead atoms. The number of anilines is 1. The fourth-order valence-electron chi connectivity index (χ4n) is 2.41. The summed E-state index contributed by atoms with van der Waals surface area (Å²) in [6.45, 7) is -1.09. The summed E-state index contributed by atoms with van der Waals surface area (Å²) in [5.41, 5.74) is 2.45. The highest BCUT2D eigenvalue weighted by Gasteiger charge is 2.56. The van der Waals surface area contributed by atoms with Crippen molar-refractivity contribution in [3.05, 3.63) is 22.7 Å². The molecule has 0 spiro atoms. The number of alkyl halides is 2. The van der Waals surface area contributed by atoms with Crippen LogP contribution in [0, 0.1) is 0 Å². The van der Waals surface area contributed by atoms with E-state index in [1.165, 1.54) is 6.07 Å². The Hall–Kier alpha value is -0.410. The zero-order chi connectivity index (χ0) is 23.8. The van der Waals surface area contributed by atoms with Crippen molar-refractivity contribution in [1.29, 1.82) is 0 Å². The molecule has 31 heavy (non-hydrogen) atoms. The van der Waals surface area contributed by atoms with Crippen molar-refractivity contribution in [3.8, 4) is 0 Å². The Morgan fingerprint density at radius 2 is 1.84 bits per heavy atom. The highest BCUT2D eigenvalue weighted by atomic mass is 35.5. The molecule has 178 valence electrons. The molecule has 0 aromatic carbocycles. The molecule has 0 saturated carbocycles. The quantitative estimate of drug-likeness (QED) is 0.170. The number of nitrogens with two attached hydrogens (primary N) is 1. The smallest absolute Gasteiger partial charge is 0.388 e. The zero-order valence-electron chi connectivity index (χ0n) is 14.9. The average molecular weight is 550 g/mol. The van der Waals surface area contributed by atoms with Gasteiger partial charge in [0.05, 0.1) is 12.5 Å². The molecular weight excluding hydrogens is 534 g/mol. The molecule has 1 aliphatic heterocycles. The zero-order valence-corrected chi connectivity index (χ0v) is 19.1. The number of nitrogen functional groups attached to an aromatic ring is 1. The first kappa shape index (κ1) is 26.8. The Bertz CT molecular complexity index is 1020. The minimum atomic E-state index is -5.76. The third-order valence-corrected chi connectivity index (χ3v) is 8.40. The summed E-state index contributed by atoms with van der Waals surface area (Å²) in [6, 6.07) is 1.23. The molecular formula is C10H16Cl2N3O13P3. The third-order valence-electron chi connectivity index (χ3n) is 3.71. The van der Waals surface area contributed by atoms with Gasteiger partial charge in [0.1, 0.15) is 22.9 Å². The van der Waals surface area contributed by atoms with Crippen molar-refractivity contribution >= 4 is 52.5 Å². The van der Waals surface area contributed by atoms with Gasteiger partial charge >= 0.3 is 29.2 Å². The van der Waals surface area contributed by atoms with E-state index in [4.69, 9.17) is 48.4 Å². The summed E-state index contributed by atoms with van der Waals surface area (Å²) < 4.78 is 51.9. The number of hydrogen-bond acceptors (Lipinski definition) is 11. The SMILES string of the molecule is Nc1ccn(C2O[C@](CCl)(COP(=O)(O)OP(=O)(O)OP(=O)(O)O)[C@@H](O)[C@H]2Cl)c(=O)n1. The third kappa shape index (κ3) is 6.79. The topological polar surface area (TPSA) is 250 Å². The van der Waals surface area contributed by atoms with E-state index in [0.717, 1.165) is 10.8 Å². The van der Waals surface area contributed by atoms with Crippen LogP contribution in [0.1, 0.15) is 6.23 Å². The molecule has 0 aliphatic carbocycles. The Morgan fingerprint density at radius 1 is 1.23 bits per heavy atom. The highest BCUT2D eigenvalue weighted by Crippen LogP contribution is 2.66. The first-order chi connectivity index (χ1) is 14.0. The molecule has 6 atom stereocenters. The average Bonchev–Trinajstić information content (AvgIpc) is 2.82. The number of aliphatic hydroxyl groups excluding tert-OH is 1. The van der Waals surface area contributed by atoms with Crippen LogP contribution in [0.2, 0.25) is 0 Å². The van der Waals surface area contributed by atoms with Crippen molar-refractivity contribution in [2.75, 3.05) is 18.2 Å². The van der Waals surface area contributed by atoms with Crippen LogP contribution in [0.5, 0.6) is 0 Å². The minimum absolute atomic E-state index is 0.109. The van der Waals surface area contributed by atoms with Gasteiger partial charge in [0.25, 0.3) is 0 Å². The second-order valence-electron chi connectivity index (χ2n) is 6.00. The second-order valence-corrected chi connectivity index (χ2v) is 11.2. The van der Waals surface area contributed by atoms with Crippen molar-refractivity contribution in [2.24, 2.45) is 0 Å². The monoisotopic (exact) mass is 549 g/mol. The fraction of sp³-hybridized carbons (Fsp3) is 0.600. The van der Waals surface area contributed by atoms with E-state index < -0.39 is 65.0 Å².